The fourth-order valence-electron chi connectivity index (χ4n) is 2.71. The van der Waals surface area contributed by atoms with Crippen LogP contribution in [-0.2, 0) is 11.3 Å². The van der Waals surface area contributed by atoms with Crippen LogP contribution in [0.1, 0.15) is 12.2 Å². The monoisotopic (exact) mass is 318 g/mol. The van der Waals surface area contributed by atoms with Crippen LogP contribution in [-0.4, -0.2) is 53.4 Å². The molecule has 6 nitrogen and oxygen atoms in total. The Morgan fingerprint density at radius 3 is 3.00 bits per heavy atom. The maximum atomic E-state index is 10.1. The molecule has 1 aliphatic heterocycles. The number of hydrogen-bond acceptors (Lipinski definition) is 6. The van der Waals surface area contributed by atoms with Gasteiger partial charge in [0.15, 0.2) is 0 Å². The first-order valence-electron chi connectivity index (χ1n) is 7.87. The van der Waals surface area contributed by atoms with Gasteiger partial charge in [-0.3, -0.25) is 9.88 Å². The number of hydrogen-bond donors (Lipinski definition) is 1. The number of pyridine rings is 1. The van der Waals surface area contributed by atoms with E-state index < -0.39 is 6.10 Å². The van der Waals surface area contributed by atoms with Crippen molar-refractivity contribution in [3.63, 3.8) is 0 Å². The van der Waals surface area contributed by atoms with Gasteiger partial charge in [-0.05, 0) is 30.7 Å². The number of aliphatic hydroxyl groups is 1. The maximum absolute atomic E-state index is 10.1. The summed E-state index contributed by atoms with van der Waals surface area (Å²) in [5.41, 5.74) is 0. The Morgan fingerprint density at radius 1 is 1.35 bits per heavy atom. The highest BCUT2D eigenvalue weighted by atomic mass is 16.5. The Balaban J connectivity index is 1.34. The number of β-amino-alcohol motifs (C(OH)–C–C–N with tert-alkyl or cyclic N) is 1. The summed E-state index contributed by atoms with van der Waals surface area (Å²) in [7, 11) is 0. The molecule has 2 aromatic heterocycles. The fraction of sp³-hybridized carbons (Fsp3) is 0.471. The molecule has 0 aliphatic carbocycles. The van der Waals surface area contributed by atoms with E-state index in [1.165, 1.54) is 0 Å². The largest absolute Gasteiger partial charge is 0.489 e. The number of nitrogens with zero attached hydrogens (tertiary/aromatic N) is 2. The normalized spacial score (nSPS) is 19.8. The van der Waals surface area contributed by atoms with Crippen LogP contribution in [0.2, 0.25) is 0 Å². The Labute approximate surface area is 135 Å². The number of aliphatic hydroxyl groups excluding tert-OH is 1. The van der Waals surface area contributed by atoms with Crippen LogP contribution < -0.4 is 4.74 Å². The standard InChI is InChI=1S/C17H22N2O4/c20-14(12-21-13-17-2-1-9-22-17)10-19-8-5-16(11-19)23-15-3-6-18-7-4-15/h1-4,6-7,9,14,16,20H,5,8,10-13H2. The van der Waals surface area contributed by atoms with Crippen LogP contribution >= 0.6 is 0 Å². The minimum atomic E-state index is -0.510. The first-order valence-corrected chi connectivity index (χ1v) is 7.87. The van der Waals surface area contributed by atoms with Gasteiger partial charge < -0.3 is 19.0 Å². The Hall–Kier alpha value is -1.89. The van der Waals surface area contributed by atoms with Crippen molar-refractivity contribution in [1.29, 1.82) is 0 Å². The minimum absolute atomic E-state index is 0.161. The van der Waals surface area contributed by atoms with E-state index in [0.717, 1.165) is 31.0 Å². The molecule has 3 heterocycles. The lowest BCUT2D eigenvalue weighted by atomic mass is 10.3. The molecule has 0 amide bonds. The van der Waals surface area contributed by atoms with Gasteiger partial charge in [0.2, 0.25) is 0 Å². The number of aromatic nitrogens is 1. The van der Waals surface area contributed by atoms with Gasteiger partial charge in [-0.2, -0.15) is 0 Å². The molecule has 1 N–H and O–H groups in total. The molecular weight excluding hydrogens is 296 g/mol. The van der Waals surface area contributed by atoms with Crippen LogP contribution in [0.4, 0.5) is 0 Å². The van der Waals surface area contributed by atoms with Crippen LogP contribution in [0, 0.1) is 0 Å². The number of furan rings is 1. The van der Waals surface area contributed by atoms with Gasteiger partial charge in [0.25, 0.3) is 0 Å². The molecule has 0 spiro atoms. The molecule has 2 aromatic rings. The Kier molecular flexibility index (Phi) is 5.63. The van der Waals surface area contributed by atoms with Gasteiger partial charge in [-0.1, -0.05) is 0 Å². The highest BCUT2D eigenvalue weighted by molar-refractivity contribution is 5.17. The highest BCUT2D eigenvalue weighted by Crippen LogP contribution is 2.17. The number of likely N-dealkylation sites (tertiary alicyclic amines) is 1. The van der Waals surface area contributed by atoms with Gasteiger partial charge >= 0.3 is 0 Å². The van der Waals surface area contributed by atoms with Gasteiger partial charge in [0, 0.05) is 32.0 Å². The van der Waals surface area contributed by atoms with Crippen molar-refractivity contribution in [3.05, 3.63) is 48.7 Å². The van der Waals surface area contributed by atoms with Gasteiger partial charge in [-0.25, -0.2) is 0 Å². The van der Waals surface area contributed by atoms with Crippen molar-refractivity contribution >= 4 is 0 Å². The third-order valence-electron chi connectivity index (χ3n) is 3.79. The van der Waals surface area contributed by atoms with Crippen molar-refractivity contribution in [1.82, 2.24) is 9.88 Å². The van der Waals surface area contributed by atoms with Crippen LogP contribution in [0.25, 0.3) is 0 Å². The predicted octanol–water partition coefficient (Wildman–Crippen LogP) is 1.71. The first kappa shape index (κ1) is 16.0. The summed E-state index contributed by atoms with van der Waals surface area (Å²) in [5, 5.41) is 10.1. The molecule has 1 fully saturated rings. The second kappa shape index (κ2) is 8.10. The summed E-state index contributed by atoms with van der Waals surface area (Å²) in [6.07, 6.45) is 5.67. The zero-order chi connectivity index (χ0) is 15.9. The van der Waals surface area contributed by atoms with E-state index in [4.69, 9.17) is 13.9 Å². The second-order valence-electron chi connectivity index (χ2n) is 5.72. The van der Waals surface area contributed by atoms with Crippen molar-refractivity contribution in [3.8, 4) is 5.75 Å². The van der Waals surface area contributed by atoms with E-state index in [1.54, 1.807) is 18.7 Å². The summed E-state index contributed by atoms with van der Waals surface area (Å²) in [6, 6.07) is 7.40. The first-order chi connectivity index (χ1) is 11.3. The molecule has 0 saturated carbocycles. The Bertz CT molecular complexity index is 561. The van der Waals surface area contributed by atoms with Crippen LogP contribution in [0.15, 0.2) is 47.3 Å². The van der Waals surface area contributed by atoms with E-state index >= 15 is 0 Å². The average molecular weight is 318 g/mol. The SMILES string of the molecule is OC(COCc1ccco1)CN1CCC(Oc2ccncc2)C1. The minimum Gasteiger partial charge on any atom is -0.489 e. The maximum Gasteiger partial charge on any atom is 0.129 e. The lowest BCUT2D eigenvalue weighted by Gasteiger charge is -2.20. The average Bonchev–Trinajstić information content (AvgIpc) is 3.21. The molecule has 1 saturated heterocycles. The van der Waals surface area contributed by atoms with E-state index in [9.17, 15) is 5.11 Å². The summed E-state index contributed by atoms with van der Waals surface area (Å²) in [5.74, 6) is 1.61. The molecule has 1 aliphatic rings. The van der Waals surface area contributed by atoms with Crippen molar-refractivity contribution < 1.29 is 19.0 Å². The second-order valence-corrected chi connectivity index (χ2v) is 5.72. The van der Waals surface area contributed by atoms with E-state index in [0.29, 0.717) is 19.8 Å². The number of ether oxygens (including phenoxy) is 2. The molecular formula is C17H22N2O4. The van der Waals surface area contributed by atoms with Crippen LogP contribution in [0.5, 0.6) is 5.75 Å². The quantitative estimate of drug-likeness (QED) is 0.799. The van der Waals surface area contributed by atoms with E-state index in [1.807, 2.05) is 24.3 Å². The lowest BCUT2D eigenvalue weighted by Crippen LogP contribution is -2.34. The molecule has 0 bridgehead atoms. The molecule has 0 aromatic carbocycles. The zero-order valence-corrected chi connectivity index (χ0v) is 13.0. The molecule has 0 radical (unpaired) electrons. The molecule has 124 valence electrons. The zero-order valence-electron chi connectivity index (χ0n) is 13.0. The smallest absolute Gasteiger partial charge is 0.129 e. The van der Waals surface area contributed by atoms with Gasteiger partial charge in [-0.15, -0.1) is 0 Å². The molecule has 23 heavy (non-hydrogen) atoms. The molecule has 6 heteroatoms. The van der Waals surface area contributed by atoms with Gasteiger partial charge in [0.05, 0.1) is 19.0 Å². The van der Waals surface area contributed by atoms with Crippen molar-refractivity contribution in [2.45, 2.75) is 25.2 Å². The molecule has 3 rings (SSSR count). The molecule has 2 atom stereocenters. The Morgan fingerprint density at radius 2 is 2.22 bits per heavy atom. The van der Waals surface area contributed by atoms with E-state index in [2.05, 4.69) is 9.88 Å². The summed E-state index contributed by atoms with van der Waals surface area (Å²) >= 11 is 0. The van der Waals surface area contributed by atoms with Gasteiger partial charge in [0.1, 0.15) is 24.2 Å². The van der Waals surface area contributed by atoms with Crippen molar-refractivity contribution in [2.75, 3.05) is 26.2 Å². The fourth-order valence-corrected chi connectivity index (χ4v) is 2.71. The van der Waals surface area contributed by atoms with Crippen LogP contribution in [0.3, 0.4) is 0 Å². The lowest BCUT2D eigenvalue weighted by molar-refractivity contribution is 0.00716. The topological polar surface area (TPSA) is 68.0 Å². The summed E-state index contributed by atoms with van der Waals surface area (Å²) in [6.45, 7) is 3.02. The van der Waals surface area contributed by atoms with E-state index in [-0.39, 0.29) is 6.10 Å². The predicted molar refractivity (Wildman–Crippen MR) is 84.1 cm³/mol. The van der Waals surface area contributed by atoms with Crippen molar-refractivity contribution in [2.24, 2.45) is 0 Å². The third kappa shape index (κ3) is 5.06. The third-order valence-corrected chi connectivity index (χ3v) is 3.79. The summed E-state index contributed by atoms with van der Waals surface area (Å²) in [4.78, 5) is 6.18. The summed E-state index contributed by atoms with van der Waals surface area (Å²) < 4.78 is 16.6. The highest BCUT2D eigenvalue weighted by Gasteiger charge is 2.25. The number of rotatable bonds is 8. The molecule has 2 unspecified atom stereocenters.